The zero-order chi connectivity index (χ0) is 11.4. The third-order valence-corrected chi connectivity index (χ3v) is 3.27. The van der Waals surface area contributed by atoms with E-state index in [0.717, 1.165) is 12.1 Å². The second-order valence-corrected chi connectivity index (χ2v) is 4.82. The SMILES string of the molecule is C=C(C)c1cccc(CN2CCCCC2)c1. The summed E-state index contributed by atoms with van der Waals surface area (Å²) in [4.78, 5) is 2.56. The highest BCUT2D eigenvalue weighted by Crippen LogP contribution is 2.17. The van der Waals surface area contributed by atoms with E-state index >= 15 is 0 Å². The van der Waals surface area contributed by atoms with Gasteiger partial charge in [-0.25, -0.2) is 0 Å². The van der Waals surface area contributed by atoms with Gasteiger partial charge < -0.3 is 0 Å². The van der Waals surface area contributed by atoms with Crippen molar-refractivity contribution in [3.05, 3.63) is 42.0 Å². The Hall–Kier alpha value is -1.08. The molecule has 0 aromatic heterocycles. The fraction of sp³-hybridized carbons (Fsp3) is 0.467. The Morgan fingerprint density at radius 1 is 1.25 bits per heavy atom. The van der Waals surface area contributed by atoms with Crippen molar-refractivity contribution >= 4 is 5.57 Å². The molecule has 0 bridgehead atoms. The summed E-state index contributed by atoms with van der Waals surface area (Å²) in [5.74, 6) is 0. The number of benzene rings is 1. The van der Waals surface area contributed by atoms with Crippen LogP contribution in [0.2, 0.25) is 0 Å². The molecule has 0 N–H and O–H groups in total. The first kappa shape index (κ1) is 11.4. The molecule has 0 atom stereocenters. The summed E-state index contributed by atoms with van der Waals surface area (Å²) in [7, 11) is 0. The lowest BCUT2D eigenvalue weighted by molar-refractivity contribution is 0.221. The van der Waals surface area contributed by atoms with Crippen molar-refractivity contribution in [3.8, 4) is 0 Å². The fourth-order valence-corrected chi connectivity index (χ4v) is 2.31. The summed E-state index contributed by atoms with van der Waals surface area (Å²) in [6.45, 7) is 9.69. The van der Waals surface area contributed by atoms with Crippen LogP contribution in [0.3, 0.4) is 0 Å². The molecule has 0 spiro atoms. The van der Waals surface area contributed by atoms with Gasteiger partial charge in [0.15, 0.2) is 0 Å². The second-order valence-electron chi connectivity index (χ2n) is 4.82. The van der Waals surface area contributed by atoms with Crippen LogP contribution < -0.4 is 0 Å². The minimum atomic E-state index is 1.10. The first-order valence-corrected chi connectivity index (χ1v) is 6.23. The highest BCUT2D eigenvalue weighted by Gasteiger charge is 2.10. The summed E-state index contributed by atoms with van der Waals surface area (Å²) in [5.41, 5.74) is 3.84. The molecule has 0 aliphatic carbocycles. The van der Waals surface area contributed by atoms with Gasteiger partial charge in [-0.05, 0) is 44.0 Å². The Morgan fingerprint density at radius 2 is 2.00 bits per heavy atom. The summed E-state index contributed by atoms with van der Waals surface area (Å²) >= 11 is 0. The molecule has 0 amide bonds. The molecule has 0 radical (unpaired) electrons. The summed E-state index contributed by atoms with van der Waals surface area (Å²) in [6, 6.07) is 8.78. The normalized spacial score (nSPS) is 17.3. The van der Waals surface area contributed by atoms with Crippen molar-refractivity contribution in [3.63, 3.8) is 0 Å². The molecule has 86 valence electrons. The summed E-state index contributed by atoms with van der Waals surface area (Å²) in [5, 5.41) is 0. The molecule has 1 heteroatoms. The van der Waals surface area contributed by atoms with E-state index in [2.05, 4.69) is 42.7 Å². The van der Waals surface area contributed by atoms with Crippen LogP contribution in [0.4, 0.5) is 0 Å². The number of allylic oxidation sites excluding steroid dienone is 1. The Labute approximate surface area is 98.8 Å². The van der Waals surface area contributed by atoms with Gasteiger partial charge in [0.05, 0.1) is 0 Å². The molecule has 0 unspecified atom stereocenters. The molecule has 1 aromatic carbocycles. The third-order valence-electron chi connectivity index (χ3n) is 3.27. The molecule has 1 heterocycles. The molecule has 1 aromatic rings. The average Bonchev–Trinajstić information content (AvgIpc) is 2.30. The predicted molar refractivity (Wildman–Crippen MR) is 70.3 cm³/mol. The van der Waals surface area contributed by atoms with Gasteiger partial charge in [0.25, 0.3) is 0 Å². The number of rotatable bonds is 3. The third kappa shape index (κ3) is 2.96. The molecular formula is C15H21N. The van der Waals surface area contributed by atoms with Crippen LogP contribution in [-0.4, -0.2) is 18.0 Å². The number of piperidine rings is 1. The number of hydrogen-bond acceptors (Lipinski definition) is 1. The molecule has 0 saturated carbocycles. The number of hydrogen-bond donors (Lipinski definition) is 0. The van der Waals surface area contributed by atoms with E-state index in [1.165, 1.54) is 43.5 Å². The maximum Gasteiger partial charge on any atom is 0.0233 e. The van der Waals surface area contributed by atoms with E-state index in [1.807, 2.05) is 0 Å². The molecule has 1 aliphatic rings. The van der Waals surface area contributed by atoms with Crippen LogP contribution in [0.25, 0.3) is 5.57 Å². The van der Waals surface area contributed by atoms with Crippen molar-refractivity contribution in [2.45, 2.75) is 32.7 Å². The predicted octanol–water partition coefficient (Wildman–Crippen LogP) is 3.71. The molecule has 1 aliphatic heterocycles. The summed E-state index contributed by atoms with van der Waals surface area (Å²) in [6.07, 6.45) is 4.13. The molecule has 1 saturated heterocycles. The maximum atomic E-state index is 4.00. The lowest BCUT2D eigenvalue weighted by Crippen LogP contribution is -2.29. The van der Waals surface area contributed by atoms with Crippen molar-refractivity contribution in [2.24, 2.45) is 0 Å². The average molecular weight is 215 g/mol. The first-order valence-electron chi connectivity index (χ1n) is 6.23. The van der Waals surface area contributed by atoms with E-state index < -0.39 is 0 Å². The van der Waals surface area contributed by atoms with Gasteiger partial charge in [-0.2, -0.15) is 0 Å². The van der Waals surface area contributed by atoms with Crippen molar-refractivity contribution in [1.29, 1.82) is 0 Å². The van der Waals surface area contributed by atoms with E-state index in [1.54, 1.807) is 0 Å². The van der Waals surface area contributed by atoms with Crippen LogP contribution >= 0.6 is 0 Å². The molecular weight excluding hydrogens is 194 g/mol. The van der Waals surface area contributed by atoms with E-state index in [9.17, 15) is 0 Å². The molecule has 16 heavy (non-hydrogen) atoms. The Morgan fingerprint density at radius 3 is 2.69 bits per heavy atom. The Balaban J connectivity index is 2.02. The van der Waals surface area contributed by atoms with Gasteiger partial charge in [0.1, 0.15) is 0 Å². The van der Waals surface area contributed by atoms with Gasteiger partial charge in [-0.1, -0.05) is 42.8 Å². The monoisotopic (exact) mass is 215 g/mol. The van der Waals surface area contributed by atoms with Gasteiger partial charge in [0, 0.05) is 6.54 Å². The lowest BCUT2D eigenvalue weighted by Gasteiger charge is -2.26. The topological polar surface area (TPSA) is 3.24 Å². The van der Waals surface area contributed by atoms with Crippen LogP contribution in [0.5, 0.6) is 0 Å². The van der Waals surface area contributed by atoms with Gasteiger partial charge in [0.2, 0.25) is 0 Å². The second kappa shape index (κ2) is 5.31. The smallest absolute Gasteiger partial charge is 0.0233 e. The summed E-state index contributed by atoms with van der Waals surface area (Å²) < 4.78 is 0. The van der Waals surface area contributed by atoms with Crippen LogP contribution in [0.15, 0.2) is 30.8 Å². The lowest BCUT2D eigenvalue weighted by atomic mass is 10.0. The van der Waals surface area contributed by atoms with E-state index in [0.29, 0.717) is 0 Å². The molecule has 1 nitrogen and oxygen atoms in total. The highest BCUT2D eigenvalue weighted by molar-refractivity contribution is 5.61. The minimum Gasteiger partial charge on any atom is -0.299 e. The largest absolute Gasteiger partial charge is 0.299 e. The van der Waals surface area contributed by atoms with E-state index in [4.69, 9.17) is 0 Å². The highest BCUT2D eigenvalue weighted by atomic mass is 15.1. The fourth-order valence-electron chi connectivity index (χ4n) is 2.31. The first-order chi connectivity index (χ1) is 7.75. The molecule has 1 fully saturated rings. The van der Waals surface area contributed by atoms with Gasteiger partial charge in [-0.3, -0.25) is 4.90 Å². The minimum absolute atomic E-state index is 1.10. The van der Waals surface area contributed by atoms with E-state index in [-0.39, 0.29) is 0 Å². The van der Waals surface area contributed by atoms with Crippen molar-refractivity contribution in [2.75, 3.05) is 13.1 Å². The zero-order valence-electron chi connectivity index (χ0n) is 10.2. The zero-order valence-corrected chi connectivity index (χ0v) is 10.2. The maximum absolute atomic E-state index is 4.00. The molecule has 2 rings (SSSR count). The van der Waals surface area contributed by atoms with Crippen molar-refractivity contribution < 1.29 is 0 Å². The van der Waals surface area contributed by atoms with Gasteiger partial charge in [-0.15, -0.1) is 0 Å². The van der Waals surface area contributed by atoms with Crippen LogP contribution in [-0.2, 0) is 6.54 Å². The Bertz CT molecular complexity index is 361. The van der Waals surface area contributed by atoms with Crippen LogP contribution in [0.1, 0.15) is 37.3 Å². The van der Waals surface area contributed by atoms with Crippen LogP contribution in [0, 0.1) is 0 Å². The quantitative estimate of drug-likeness (QED) is 0.743. The number of likely N-dealkylation sites (tertiary alicyclic amines) is 1. The number of nitrogens with zero attached hydrogens (tertiary/aromatic N) is 1. The standard InChI is InChI=1S/C15H21N/c1-13(2)15-8-6-7-14(11-15)12-16-9-4-3-5-10-16/h6-8,11H,1,3-5,9-10,12H2,2H3. The van der Waals surface area contributed by atoms with Gasteiger partial charge >= 0.3 is 0 Å². The Kier molecular flexibility index (Phi) is 3.79. The van der Waals surface area contributed by atoms with Crippen molar-refractivity contribution in [1.82, 2.24) is 4.90 Å².